The molecule has 10 heteroatoms. The van der Waals surface area contributed by atoms with Gasteiger partial charge in [-0.1, -0.05) is 29.6 Å². The van der Waals surface area contributed by atoms with E-state index in [2.05, 4.69) is 20.0 Å². The molecular formula is C19H19Cl3N6O. The van der Waals surface area contributed by atoms with E-state index in [1.807, 2.05) is 4.68 Å². The smallest absolute Gasteiger partial charge is 0.275 e. The number of halogens is 3. The molecule has 0 radical (unpaired) electrons. The lowest BCUT2D eigenvalue weighted by Crippen LogP contribution is -2.32. The molecule has 4 rings (SSSR count). The van der Waals surface area contributed by atoms with Crippen molar-refractivity contribution < 1.29 is 4.79 Å². The van der Waals surface area contributed by atoms with E-state index >= 15 is 0 Å². The molecule has 1 fully saturated rings. The number of nitrogens with zero attached hydrogens (tertiary/aromatic N) is 6. The number of rotatable bonds is 5. The molecule has 0 aliphatic carbocycles. The fraction of sp³-hybridized carbons (Fsp3) is 0.368. The Morgan fingerprint density at radius 1 is 1.10 bits per heavy atom. The van der Waals surface area contributed by atoms with Crippen molar-refractivity contribution in [2.45, 2.75) is 25.8 Å². The molecule has 1 aliphatic heterocycles. The molecule has 1 amide bonds. The van der Waals surface area contributed by atoms with Crippen molar-refractivity contribution in [3.05, 3.63) is 46.3 Å². The van der Waals surface area contributed by atoms with Gasteiger partial charge < -0.3 is 4.90 Å². The zero-order chi connectivity index (χ0) is 20.4. The van der Waals surface area contributed by atoms with Crippen LogP contribution in [0.4, 0.5) is 5.82 Å². The number of carbonyl (C=O) groups is 1. The summed E-state index contributed by atoms with van der Waals surface area (Å²) < 4.78 is 2.76. The van der Waals surface area contributed by atoms with Gasteiger partial charge in [0.15, 0.2) is 11.5 Å². The van der Waals surface area contributed by atoms with Crippen LogP contribution in [0.5, 0.6) is 0 Å². The Kier molecular flexibility index (Phi) is 6.20. The predicted octanol–water partition coefficient (Wildman–Crippen LogP) is 4.42. The normalized spacial score (nSPS) is 15.0. The molecule has 7 nitrogen and oxygen atoms in total. The second kappa shape index (κ2) is 8.83. The maximum absolute atomic E-state index is 12.8. The zero-order valence-electron chi connectivity index (χ0n) is 15.6. The minimum atomic E-state index is -0.505. The number of anilines is 1. The summed E-state index contributed by atoms with van der Waals surface area (Å²) in [5.41, 5.74) is 0.864. The van der Waals surface area contributed by atoms with E-state index < -0.39 is 5.91 Å². The van der Waals surface area contributed by atoms with Crippen molar-refractivity contribution >= 4 is 57.7 Å². The second-order valence-electron chi connectivity index (χ2n) is 6.91. The van der Waals surface area contributed by atoms with E-state index in [0.29, 0.717) is 22.6 Å². The Bertz CT molecular complexity index is 1030. The molecule has 152 valence electrons. The lowest BCUT2D eigenvalue weighted by molar-refractivity contribution is 0.101. The van der Waals surface area contributed by atoms with Gasteiger partial charge in [-0.3, -0.25) is 4.79 Å². The summed E-state index contributed by atoms with van der Waals surface area (Å²) in [4.78, 5) is 23.8. The highest BCUT2D eigenvalue weighted by molar-refractivity contribution is 6.43. The van der Waals surface area contributed by atoms with E-state index in [0.717, 1.165) is 24.1 Å². The maximum atomic E-state index is 12.8. The first-order chi connectivity index (χ1) is 14.0. The van der Waals surface area contributed by atoms with Gasteiger partial charge in [-0.2, -0.15) is 9.52 Å². The highest BCUT2D eigenvalue weighted by Crippen LogP contribution is 2.28. The first-order valence-electron chi connectivity index (χ1n) is 9.39. The molecule has 3 aromatic rings. The van der Waals surface area contributed by atoms with E-state index in [4.69, 9.17) is 35.0 Å². The van der Waals surface area contributed by atoms with Crippen LogP contribution in [0.25, 0.3) is 11.0 Å². The van der Waals surface area contributed by atoms with Gasteiger partial charge in [0.05, 0.1) is 28.7 Å². The SMILES string of the molecule is O=C(c1ccc(Cl)cc1Cl)N(Cl)c1ncnc2c1cnn2CCN1CCCCC1. The fourth-order valence-electron chi connectivity index (χ4n) is 3.48. The zero-order valence-corrected chi connectivity index (χ0v) is 17.8. The van der Waals surface area contributed by atoms with Crippen LogP contribution in [0.15, 0.2) is 30.7 Å². The molecule has 0 N–H and O–H groups in total. The van der Waals surface area contributed by atoms with Gasteiger partial charge in [0.2, 0.25) is 0 Å². The summed E-state index contributed by atoms with van der Waals surface area (Å²) in [6.45, 7) is 3.84. The fourth-order valence-corrected chi connectivity index (χ4v) is 4.20. The van der Waals surface area contributed by atoms with Crippen molar-refractivity contribution in [1.82, 2.24) is 24.6 Å². The van der Waals surface area contributed by atoms with Gasteiger partial charge in [-0.05, 0) is 44.1 Å². The Morgan fingerprint density at radius 2 is 1.90 bits per heavy atom. The van der Waals surface area contributed by atoms with Crippen LogP contribution < -0.4 is 4.42 Å². The van der Waals surface area contributed by atoms with Crippen LogP contribution in [0.1, 0.15) is 29.6 Å². The number of hydrogen-bond donors (Lipinski definition) is 0. The number of carbonyl (C=O) groups excluding carboxylic acids is 1. The summed E-state index contributed by atoms with van der Waals surface area (Å²) in [5.74, 6) is -0.244. The number of aromatic nitrogens is 4. The number of likely N-dealkylation sites (tertiary alicyclic amines) is 1. The topological polar surface area (TPSA) is 67.2 Å². The molecule has 0 atom stereocenters. The summed E-state index contributed by atoms with van der Waals surface area (Å²) in [5, 5.41) is 5.68. The second-order valence-corrected chi connectivity index (χ2v) is 8.10. The first kappa shape index (κ1) is 20.3. The van der Waals surface area contributed by atoms with Gasteiger partial charge >= 0.3 is 0 Å². The Balaban J connectivity index is 1.57. The molecule has 1 aliphatic rings. The highest BCUT2D eigenvalue weighted by atomic mass is 35.5. The molecular weight excluding hydrogens is 435 g/mol. The van der Waals surface area contributed by atoms with Crippen LogP contribution in [0.2, 0.25) is 10.0 Å². The standard InChI is InChI=1S/C19H19Cl3N6O/c20-13-4-5-14(16(21)10-13)19(29)28(22)18-15-11-25-27(17(15)23-12-24-18)9-8-26-6-2-1-3-7-26/h4-5,10-12H,1-3,6-9H2. The van der Waals surface area contributed by atoms with Gasteiger partial charge in [-0.15, -0.1) is 0 Å². The maximum Gasteiger partial charge on any atom is 0.275 e. The lowest BCUT2D eigenvalue weighted by Gasteiger charge is -2.26. The number of fused-ring (bicyclic) bond motifs is 1. The third-order valence-electron chi connectivity index (χ3n) is 5.02. The van der Waals surface area contributed by atoms with Gasteiger partial charge in [0.1, 0.15) is 6.33 Å². The van der Waals surface area contributed by atoms with Crippen LogP contribution in [-0.2, 0) is 6.54 Å². The highest BCUT2D eigenvalue weighted by Gasteiger charge is 2.23. The van der Waals surface area contributed by atoms with Gasteiger partial charge in [0.25, 0.3) is 5.91 Å². The van der Waals surface area contributed by atoms with E-state index in [1.54, 1.807) is 12.3 Å². The molecule has 0 unspecified atom stereocenters. The Hall–Kier alpha value is -1.93. The number of hydrogen-bond acceptors (Lipinski definition) is 5. The summed E-state index contributed by atoms with van der Waals surface area (Å²) >= 11 is 18.4. The Labute approximate surface area is 183 Å². The van der Waals surface area contributed by atoms with Crippen LogP contribution in [0.3, 0.4) is 0 Å². The molecule has 0 bridgehead atoms. The van der Waals surface area contributed by atoms with E-state index in [-0.39, 0.29) is 16.4 Å². The molecule has 0 saturated carbocycles. The number of amides is 1. The van der Waals surface area contributed by atoms with Crippen molar-refractivity contribution in [2.24, 2.45) is 0 Å². The van der Waals surface area contributed by atoms with Crippen LogP contribution in [0, 0.1) is 0 Å². The van der Waals surface area contributed by atoms with Crippen LogP contribution in [-0.4, -0.2) is 50.2 Å². The molecule has 3 heterocycles. The summed E-state index contributed by atoms with van der Waals surface area (Å²) in [7, 11) is 0. The molecule has 0 spiro atoms. The first-order valence-corrected chi connectivity index (χ1v) is 10.5. The largest absolute Gasteiger partial charge is 0.301 e. The summed E-state index contributed by atoms with van der Waals surface area (Å²) in [6, 6.07) is 4.61. The lowest BCUT2D eigenvalue weighted by atomic mass is 10.1. The van der Waals surface area contributed by atoms with Crippen molar-refractivity contribution in [3.63, 3.8) is 0 Å². The molecule has 29 heavy (non-hydrogen) atoms. The number of piperidine rings is 1. The van der Waals surface area contributed by atoms with Crippen molar-refractivity contribution in [1.29, 1.82) is 0 Å². The van der Waals surface area contributed by atoms with E-state index in [9.17, 15) is 4.79 Å². The van der Waals surface area contributed by atoms with Crippen molar-refractivity contribution in [3.8, 4) is 0 Å². The molecule has 1 aromatic carbocycles. The van der Waals surface area contributed by atoms with Gasteiger partial charge in [0, 0.05) is 23.3 Å². The average Bonchev–Trinajstić information content (AvgIpc) is 3.15. The summed E-state index contributed by atoms with van der Waals surface area (Å²) in [6.07, 6.45) is 6.79. The predicted molar refractivity (Wildman–Crippen MR) is 115 cm³/mol. The molecule has 2 aromatic heterocycles. The third-order valence-corrected chi connectivity index (χ3v) is 5.88. The minimum Gasteiger partial charge on any atom is -0.301 e. The van der Waals surface area contributed by atoms with E-state index in [1.165, 1.54) is 37.7 Å². The van der Waals surface area contributed by atoms with Crippen LogP contribution >= 0.6 is 35.0 Å². The minimum absolute atomic E-state index is 0.218. The molecule has 1 saturated heterocycles. The third kappa shape index (κ3) is 4.33. The number of benzene rings is 1. The average molecular weight is 454 g/mol. The monoisotopic (exact) mass is 452 g/mol. The van der Waals surface area contributed by atoms with Gasteiger partial charge in [-0.25, -0.2) is 14.6 Å². The Morgan fingerprint density at radius 3 is 2.66 bits per heavy atom. The quantitative estimate of drug-likeness (QED) is 0.535. The van der Waals surface area contributed by atoms with Crippen molar-refractivity contribution in [2.75, 3.05) is 24.1 Å².